The van der Waals surface area contributed by atoms with Crippen LogP contribution in [0.25, 0.3) is 0 Å². The van der Waals surface area contributed by atoms with Crippen molar-refractivity contribution in [1.82, 2.24) is 5.32 Å². The maximum Gasteiger partial charge on any atom is 0.268 e. The second-order valence-electron chi connectivity index (χ2n) is 7.54. The van der Waals surface area contributed by atoms with E-state index in [9.17, 15) is 28.3 Å². The Morgan fingerprint density at radius 3 is 2.71 bits per heavy atom. The maximum atomic E-state index is 14.5. The van der Waals surface area contributed by atoms with Crippen LogP contribution in [0.3, 0.4) is 0 Å². The minimum Gasteiger partial charge on any atom is -0.372 e. The molecule has 0 saturated carbocycles. The normalized spacial score (nSPS) is 20.5. The summed E-state index contributed by atoms with van der Waals surface area (Å²) in [6.45, 7) is -0.141. The van der Waals surface area contributed by atoms with Crippen molar-refractivity contribution in [2.45, 2.75) is 31.4 Å². The molecule has 1 saturated heterocycles. The first-order valence-electron chi connectivity index (χ1n) is 9.57. The largest absolute Gasteiger partial charge is 0.372 e. The highest BCUT2D eigenvalue weighted by Gasteiger charge is 2.51. The number of halogens is 3. The molecule has 2 aliphatic heterocycles. The topological polar surface area (TPSA) is 98.7 Å². The molecule has 10 heteroatoms. The molecule has 2 aromatic rings. The molecular weight excluding hydrogens is 432 g/mol. The summed E-state index contributed by atoms with van der Waals surface area (Å²) in [6.07, 6.45) is 0.312. The summed E-state index contributed by atoms with van der Waals surface area (Å²) in [7, 11) is 0. The van der Waals surface area contributed by atoms with Crippen LogP contribution in [0.15, 0.2) is 30.3 Å². The summed E-state index contributed by atoms with van der Waals surface area (Å²) >= 11 is 5.78. The van der Waals surface area contributed by atoms with E-state index in [4.69, 9.17) is 11.6 Å². The number of benzene rings is 2. The zero-order valence-electron chi connectivity index (χ0n) is 16.2. The first-order valence-corrected chi connectivity index (χ1v) is 9.95. The minimum atomic E-state index is -2.34. The van der Waals surface area contributed by atoms with Gasteiger partial charge in [-0.3, -0.25) is 14.4 Å². The lowest BCUT2D eigenvalue weighted by atomic mass is 10.0. The van der Waals surface area contributed by atoms with Crippen LogP contribution in [0.4, 0.5) is 20.2 Å². The van der Waals surface area contributed by atoms with E-state index in [1.807, 2.05) is 0 Å². The number of hydrogen-bond donors (Lipinski definition) is 3. The Balaban J connectivity index is 1.50. The Hall–Kier alpha value is -3.04. The van der Waals surface area contributed by atoms with Crippen molar-refractivity contribution in [3.8, 4) is 0 Å². The number of fused-ring (bicyclic) bond motifs is 1. The van der Waals surface area contributed by atoms with E-state index in [1.54, 1.807) is 6.07 Å². The van der Waals surface area contributed by atoms with Crippen LogP contribution in [0.5, 0.6) is 0 Å². The number of anilines is 2. The van der Waals surface area contributed by atoms with Gasteiger partial charge in [0.2, 0.25) is 11.5 Å². The molecule has 3 amide bonds. The zero-order chi connectivity index (χ0) is 22.3. The molecular formula is C21H18ClF2N3O4. The van der Waals surface area contributed by atoms with E-state index in [0.717, 1.165) is 17.0 Å². The molecule has 1 fully saturated rings. The quantitative estimate of drug-likeness (QED) is 0.624. The Labute approximate surface area is 181 Å². The minimum absolute atomic E-state index is 0.000861. The Bertz CT molecular complexity index is 1090. The van der Waals surface area contributed by atoms with Gasteiger partial charge in [0.15, 0.2) is 0 Å². The van der Waals surface area contributed by atoms with Crippen molar-refractivity contribution in [1.29, 1.82) is 0 Å². The molecule has 4 rings (SSSR count). The zero-order valence-corrected chi connectivity index (χ0v) is 16.9. The van der Waals surface area contributed by atoms with Gasteiger partial charge in [0.05, 0.1) is 5.69 Å². The van der Waals surface area contributed by atoms with Crippen molar-refractivity contribution < 1.29 is 28.3 Å². The van der Waals surface area contributed by atoms with E-state index in [0.29, 0.717) is 17.5 Å². The number of aliphatic hydroxyl groups is 1. The summed E-state index contributed by atoms with van der Waals surface area (Å²) in [6, 6.07) is 6.39. The fraction of sp³-hybridized carbons (Fsp3) is 0.286. The second kappa shape index (κ2) is 7.90. The van der Waals surface area contributed by atoms with Crippen molar-refractivity contribution in [2.75, 3.05) is 16.8 Å². The molecule has 7 nitrogen and oxygen atoms in total. The van der Waals surface area contributed by atoms with Gasteiger partial charge in [-0.2, -0.15) is 0 Å². The number of nitrogens with one attached hydrogen (secondary N) is 2. The fourth-order valence-electron chi connectivity index (χ4n) is 3.79. The van der Waals surface area contributed by atoms with Gasteiger partial charge in [0.25, 0.3) is 11.8 Å². The summed E-state index contributed by atoms with van der Waals surface area (Å²) in [5.41, 5.74) is -1.17. The van der Waals surface area contributed by atoms with E-state index in [1.165, 1.54) is 12.1 Å². The third-order valence-corrected chi connectivity index (χ3v) is 5.62. The molecule has 162 valence electrons. The van der Waals surface area contributed by atoms with Crippen LogP contribution in [-0.2, 0) is 27.3 Å². The molecule has 1 unspecified atom stereocenters. The number of aryl methyl sites for hydroxylation is 1. The molecule has 2 aliphatic rings. The molecule has 2 heterocycles. The third-order valence-electron chi connectivity index (χ3n) is 5.40. The number of rotatable bonds is 4. The first-order chi connectivity index (χ1) is 14.7. The number of hydrogen-bond acceptors (Lipinski definition) is 4. The Morgan fingerprint density at radius 2 is 1.97 bits per heavy atom. The molecule has 0 aliphatic carbocycles. The summed E-state index contributed by atoms with van der Waals surface area (Å²) in [4.78, 5) is 38.1. The van der Waals surface area contributed by atoms with Gasteiger partial charge in [-0.25, -0.2) is 8.78 Å². The average Bonchev–Trinajstić information content (AvgIpc) is 3.02. The molecule has 31 heavy (non-hydrogen) atoms. The molecule has 1 atom stereocenters. The van der Waals surface area contributed by atoms with Gasteiger partial charge in [0, 0.05) is 36.6 Å². The third kappa shape index (κ3) is 3.98. The molecule has 0 spiro atoms. The number of carbonyl (C=O) groups excluding carboxylic acids is 3. The van der Waals surface area contributed by atoms with Crippen LogP contribution < -0.4 is 15.5 Å². The van der Waals surface area contributed by atoms with Crippen molar-refractivity contribution >= 4 is 40.7 Å². The Kier molecular flexibility index (Phi) is 5.40. The lowest BCUT2D eigenvalue weighted by molar-refractivity contribution is -0.149. The van der Waals surface area contributed by atoms with Crippen molar-refractivity contribution in [2.24, 2.45) is 0 Å². The van der Waals surface area contributed by atoms with E-state index in [-0.39, 0.29) is 48.2 Å². The van der Waals surface area contributed by atoms with Crippen molar-refractivity contribution in [3.05, 3.63) is 58.1 Å². The lowest BCUT2D eigenvalue weighted by Gasteiger charge is -2.24. The highest BCUT2D eigenvalue weighted by molar-refractivity contribution is 6.30. The molecule has 3 N–H and O–H groups in total. The first kappa shape index (κ1) is 21.2. The van der Waals surface area contributed by atoms with E-state index < -0.39 is 29.0 Å². The van der Waals surface area contributed by atoms with Gasteiger partial charge in [-0.05, 0) is 47.9 Å². The van der Waals surface area contributed by atoms with Crippen LogP contribution in [0.1, 0.15) is 24.0 Å². The standard InChI is InChI=1S/C21H18ClF2N3O4/c22-13-5-11(6-14(23)8-13)10-25-19(29)21(31)3-4-27(20(21)30)15-7-12-1-2-17(28)26-18(12)16(24)9-15/h5-9,31H,1-4,10H2,(H,25,29)(H,26,28). The van der Waals surface area contributed by atoms with Gasteiger partial charge in [-0.15, -0.1) is 0 Å². The second-order valence-corrected chi connectivity index (χ2v) is 7.97. The average molecular weight is 450 g/mol. The number of carbonyl (C=O) groups is 3. The van der Waals surface area contributed by atoms with E-state index >= 15 is 0 Å². The lowest BCUT2D eigenvalue weighted by Crippen LogP contribution is -2.52. The maximum absolute atomic E-state index is 14.5. The summed E-state index contributed by atoms with van der Waals surface area (Å²) in [5, 5.41) is 15.8. The van der Waals surface area contributed by atoms with Crippen LogP contribution in [0.2, 0.25) is 5.02 Å². The van der Waals surface area contributed by atoms with Gasteiger partial charge in [0.1, 0.15) is 11.6 Å². The predicted molar refractivity (Wildman–Crippen MR) is 109 cm³/mol. The summed E-state index contributed by atoms with van der Waals surface area (Å²) in [5.74, 6) is -3.39. The summed E-state index contributed by atoms with van der Waals surface area (Å²) < 4.78 is 27.9. The molecule has 2 aromatic carbocycles. The predicted octanol–water partition coefficient (Wildman–Crippen LogP) is 2.29. The van der Waals surface area contributed by atoms with Crippen molar-refractivity contribution in [3.63, 3.8) is 0 Å². The smallest absolute Gasteiger partial charge is 0.268 e. The van der Waals surface area contributed by atoms with Gasteiger partial charge in [-0.1, -0.05) is 11.6 Å². The highest BCUT2D eigenvalue weighted by Crippen LogP contribution is 2.34. The number of amides is 3. The van der Waals surface area contributed by atoms with Crippen LogP contribution in [-0.4, -0.2) is 35.0 Å². The highest BCUT2D eigenvalue weighted by atomic mass is 35.5. The molecule has 0 bridgehead atoms. The number of nitrogens with zero attached hydrogens (tertiary/aromatic N) is 1. The molecule has 0 radical (unpaired) electrons. The van der Waals surface area contributed by atoms with Gasteiger partial charge < -0.3 is 20.6 Å². The van der Waals surface area contributed by atoms with Crippen LogP contribution in [0, 0.1) is 11.6 Å². The SMILES string of the molecule is O=C1CCc2cc(N3CCC(O)(C(=O)NCc4cc(F)cc(Cl)c4)C3=O)cc(F)c2N1. The molecule has 0 aromatic heterocycles. The Morgan fingerprint density at radius 1 is 1.19 bits per heavy atom. The monoisotopic (exact) mass is 449 g/mol. The van der Waals surface area contributed by atoms with Crippen LogP contribution >= 0.6 is 11.6 Å². The van der Waals surface area contributed by atoms with E-state index in [2.05, 4.69) is 10.6 Å². The fourth-order valence-corrected chi connectivity index (χ4v) is 4.04. The van der Waals surface area contributed by atoms with Gasteiger partial charge >= 0.3 is 0 Å².